The predicted octanol–water partition coefficient (Wildman–Crippen LogP) is 2.96. The maximum Gasteiger partial charge on any atom is 0.331 e. The minimum absolute atomic E-state index is 0.0288. The zero-order chi connectivity index (χ0) is 13.7. The zero-order valence-electron chi connectivity index (χ0n) is 11.7. The van der Waals surface area contributed by atoms with Crippen LogP contribution in [0.2, 0.25) is 0 Å². The quantitative estimate of drug-likeness (QED) is 0.693. The second kappa shape index (κ2) is 6.79. The maximum absolute atomic E-state index is 12.4. The van der Waals surface area contributed by atoms with Crippen LogP contribution < -0.4 is 0 Å². The van der Waals surface area contributed by atoms with E-state index in [1.165, 1.54) is 0 Å². The maximum atomic E-state index is 12.4. The third kappa shape index (κ3) is 2.86. The molecular weight excluding hydrogens is 245 g/mol. The van der Waals surface area contributed by atoms with Crippen LogP contribution in [0.15, 0.2) is 12.4 Å². The molecule has 0 bridgehead atoms. The van der Waals surface area contributed by atoms with E-state index >= 15 is 0 Å². The van der Waals surface area contributed by atoms with E-state index in [2.05, 4.69) is 41.1 Å². The summed E-state index contributed by atoms with van der Waals surface area (Å²) in [5.74, 6) is 0.779. The average Bonchev–Trinajstić information content (AvgIpc) is 2.35. The highest BCUT2D eigenvalue weighted by Gasteiger charge is 2.35. The van der Waals surface area contributed by atoms with Crippen LogP contribution in [0, 0.1) is 0 Å². The van der Waals surface area contributed by atoms with Gasteiger partial charge in [-0.05, 0) is 19.3 Å². The molecule has 1 rings (SSSR count). The van der Waals surface area contributed by atoms with Crippen molar-refractivity contribution in [3.8, 4) is 0 Å². The van der Waals surface area contributed by atoms with Crippen molar-refractivity contribution in [2.75, 3.05) is 19.6 Å². The van der Waals surface area contributed by atoms with Crippen molar-refractivity contribution in [3.05, 3.63) is 12.4 Å². The number of rotatable bonds is 6. The zero-order valence-corrected chi connectivity index (χ0v) is 12.7. The van der Waals surface area contributed by atoms with Gasteiger partial charge < -0.3 is 4.90 Å². The molecule has 4 nitrogen and oxygen atoms in total. The second-order valence-corrected chi connectivity index (χ2v) is 4.92. The van der Waals surface area contributed by atoms with Crippen molar-refractivity contribution in [2.24, 2.45) is 0 Å². The lowest BCUT2D eigenvalue weighted by Crippen LogP contribution is -2.59. The molecule has 0 unspecified atom stereocenters. The first-order valence-electron chi connectivity index (χ1n) is 6.72. The van der Waals surface area contributed by atoms with E-state index in [1.807, 2.05) is 0 Å². The summed E-state index contributed by atoms with van der Waals surface area (Å²) in [5.41, 5.74) is 0.820. The van der Waals surface area contributed by atoms with Crippen molar-refractivity contribution in [3.63, 3.8) is 0 Å². The van der Waals surface area contributed by atoms with Crippen LogP contribution in [0.4, 0.5) is 4.79 Å². The van der Waals surface area contributed by atoms with Crippen LogP contribution in [-0.2, 0) is 0 Å². The van der Waals surface area contributed by atoms with Gasteiger partial charge >= 0.3 is 6.03 Å². The van der Waals surface area contributed by atoms with Gasteiger partial charge in [-0.15, -0.1) is 0 Å². The van der Waals surface area contributed by atoms with Crippen LogP contribution in [0.3, 0.4) is 0 Å². The number of carbonyl (C=O) groups is 1. The molecule has 102 valence electrons. The molecule has 1 heterocycles. The summed E-state index contributed by atoms with van der Waals surface area (Å²) in [6, 6.07) is 0.0288. The van der Waals surface area contributed by atoms with Crippen LogP contribution >= 0.6 is 8.86 Å². The Bertz CT molecular complexity index is 273. The van der Waals surface area contributed by atoms with Crippen LogP contribution in [0.5, 0.6) is 0 Å². The minimum Gasteiger partial charge on any atom is -0.311 e. The fraction of sp³-hybridized carbons (Fsp3) is 0.692. The molecule has 0 N–H and O–H groups in total. The van der Waals surface area contributed by atoms with E-state index < -0.39 is 0 Å². The van der Waals surface area contributed by atoms with Gasteiger partial charge in [0.2, 0.25) is 0 Å². The monoisotopic (exact) mass is 269 g/mol. The Balaban J connectivity index is 2.98. The number of nitrogens with zero attached hydrogens (tertiary/aromatic N) is 3. The highest BCUT2D eigenvalue weighted by atomic mass is 31.0. The van der Waals surface area contributed by atoms with Gasteiger partial charge in [0.05, 0.1) is 0 Å². The molecule has 0 saturated carbocycles. The third-order valence-electron chi connectivity index (χ3n) is 2.94. The average molecular weight is 269 g/mol. The van der Waals surface area contributed by atoms with Gasteiger partial charge in [0.15, 0.2) is 0 Å². The van der Waals surface area contributed by atoms with Crippen molar-refractivity contribution in [1.82, 2.24) is 14.7 Å². The molecule has 0 aromatic heterocycles. The smallest absolute Gasteiger partial charge is 0.311 e. The molecule has 0 aromatic rings. The van der Waals surface area contributed by atoms with Gasteiger partial charge in [-0.2, -0.15) is 0 Å². The Labute approximate surface area is 112 Å². The Morgan fingerprint density at radius 1 is 0.944 bits per heavy atom. The van der Waals surface area contributed by atoms with E-state index in [0.717, 1.165) is 50.3 Å². The molecule has 0 aliphatic carbocycles. The fourth-order valence-corrected chi connectivity index (χ4v) is 2.54. The Morgan fingerprint density at radius 3 is 1.89 bits per heavy atom. The van der Waals surface area contributed by atoms with Gasteiger partial charge in [0, 0.05) is 19.6 Å². The van der Waals surface area contributed by atoms with Crippen molar-refractivity contribution in [2.45, 2.75) is 40.0 Å². The minimum atomic E-state index is 0.0288. The first-order valence-corrected chi connectivity index (χ1v) is 7.22. The van der Waals surface area contributed by atoms with E-state index in [0.29, 0.717) is 0 Å². The summed E-state index contributed by atoms with van der Waals surface area (Å²) in [5, 5.41) is 0. The van der Waals surface area contributed by atoms with Crippen LogP contribution in [0.25, 0.3) is 0 Å². The number of urea groups is 1. The fourth-order valence-electron chi connectivity index (χ4n) is 2.09. The highest BCUT2D eigenvalue weighted by Crippen LogP contribution is 2.22. The van der Waals surface area contributed by atoms with Gasteiger partial charge in [0.1, 0.15) is 11.4 Å². The van der Waals surface area contributed by atoms with Crippen LogP contribution in [-0.4, -0.2) is 45.9 Å². The molecule has 0 radical (unpaired) electrons. The molecule has 0 spiro atoms. The topological polar surface area (TPSA) is 26.8 Å². The molecule has 1 aliphatic rings. The van der Waals surface area contributed by atoms with E-state index in [1.54, 1.807) is 9.80 Å². The highest BCUT2D eigenvalue weighted by molar-refractivity contribution is 7.20. The molecular formula is C13H24N3OP. The van der Waals surface area contributed by atoms with Gasteiger partial charge in [0.25, 0.3) is 0 Å². The summed E-state index contributed by atoms with van der Waals surface area (Å²) < 4.78 is 0. The SMILES string of the molecule is C=C1N(CCC)C(=O)N(CCC)C(=P)N1CCC. The molecule has 1 fully saturated rings. The molecule has 18 heavy (non-hydrogen) atoms. The number of amides is 2. The lowest BCUT2D eigenvalue weighted by atomic mass is 10.3. The normalized spacial score (nSPS) is 16.8. The van der Waals surface area contributed by atoms with E-state index in [-0.39, 0.29) is 6.03 Å². The van der Waals surface area contributed by atoms with E-state index in [4.69, 9.17) is 0 Å². The molecule has 0 aromatic carbocycles. The van der Waals surface area contributed by atoms with Crippen LogP contribution in [0.1, 0.15) is 40.0 Å². The lowest BCUT2D eigenvalue weighted by molar-refractivity contribution is 0.156. The van der Waals surface area contributed by atoms with Gasteiger partial charge in [-0.25, -0.2) is 4.79 Å². The lowest BCUT2D eigenvalue weighted by Gasteiger charge is -2.45. The number of hydrogen-bond donors (Lipinski definition) is 0. The summed E-state index contributed by atoms with van der Waals surface area (Å²) in [6.07, 6.45) is 2.88. The van der Waals surface area contributed by atoms with E-state index in [9.17, 15) is 4.79 Å². The Morgan fingerprint density at radius 2 is 1.39 bits per heavy atom. The predicted molar refractivity (Wildman–Crippen MR) is 78.8 cm³/mol. The van der Waals surface area contributed by atoms with Crippen molar-refractivity contribution < 1.29 is 4.79 Å². The van der Waals surface area contributed by atoms with Crippen molar-refractivity contribution in [1.29, 1.82) is 0 Å². The summed E-state index contributed by atoms with van der Waals surface area (Å²) >= 11 is 0. The first-order chi connectivity index (χ1) is 8.58. The summed E-state index contributed by atoms with van der Waals surface area (Å²) in [7, 11) is 3.60. The summed E-state index contributed by atoms with van der Waals surface area (Å²) in [4.78, 5) is 18.0. The number of hydrogen-bond acceptors (Lipinski definition) is 1. The standard InChI is InChI=1S/C13H24N3OP/c1-5-8-14-11(4)15(9-6-2)13(18)16(10-7-3)12(14)17/h18H,4-10H2,1-3H3. The van der Waals surface area contributed by atoms with Crippen molar-refractivity contribution >= 4 is 20.4 Å². The van der Waals surface area contributed by atoms with Gasteiger partial charge in [-0.1, -0.05) is 36.2 Å². The Kier molecular flexibility index (Phi) is 5.67. The third-order valence-corrected chi connectivity index (χ3v) is 3.48. The second-order valence-electron chi connectivity index (χ2n) is 4.48. The first kappa shape index (κ1) is 15.0. The molecule has 0 atom stereocenters. The molecule has 5 heteroatoms. The summed E-state index contributed by atoms with van der Waals surface area (Å²) in [6.45, 7) is 12.6. The largest absolute Gasteiger partial charge is 0.331 e. The number of carbonyl (C=O) groups excluding carboxylic acids is 1. The van der Waals surface area contributed by atoms with Gasteiger partial charge in [-0.3, -0.25) is 9.80 Å². The molecule has 1 saturated heterocycles. The molecule has 1 aliphatic heterocycles. The molecule has 2 amide bonds. The Hall–Kier alpha value is -1.02.